The normalized spacial score (nSPS) is 14.9. The van der Waals surface area contributed by atoms with Gasteiger partial charge in [-0.05, 0) is 39.8 Å². The average Bonchev–Trinajstić information content (AvgIpc) is 2.37. The number of rotatable bonds is 9. The minimum Gasteiger partial charge on any atom is -0.468 e. The standard InChI is InChI=1S/C14H30N2O2/c1-7-12(8-2)16(5)11-10-14(4,15-9-3)13(17)18-6/h12,15H,7-11H2,1-6H3. The van der Waals surface area contributed by atoms with Crippen molar-refractivity contribution in [2.45, 2.75) is 58.5 Å². The summed E-state index contributed by atoms with van der Waals surface area (Å²) >= 11 is 0. The first-order valence-electron chi connectivity index (χ1n) is 6.98. The lowest BCUT2D eigenvalue weighted by molar-refractivity contribution is -0.148. The van der Waals surface area contributed by atoms with E-state index in [1.54, 1.807) is 0 Å². The van der Waals surface area contributed by atoms with Crippen LogP contribution < -0.4 is 5.32 Å². The van der Waals surface area contributed by atoms with E-state index in [2.05, 4.69) is 31.1 Å². The van der Waals surface area contributed by atoms with E-state index < -0.39 is 5.54 Å². The first kappa shape index (κ1) is 17.4. The summed E-state index contributed by atoms with van der Waals surface area (Å²) in [6, 6.07) is 0.591. The smallest absolute Gasteiger partial charge is 0.325 e. The Balaban J connectivity index is 4.47. The maximum atomic E-state index is 11.8. The Kier molecular flexibility index (Phi) is 8.20. The van der Waals surface area contributed by atoms with Crippen LogP contribution in [0.25, 0.3) is 0 Å². The molecule has 1 N–H and O–H groups in total. The Morgan fingerprint density at radius 1 is 1.33 bits per heavy atom. The quantitative estimate of drug-likeness (QED) is 0.643. The minimum absolute atomic E-state index is 0.178. The zero-order chi connectivity index (χ0) is 14.2. The lowest BCUT2D eigenvalue weighted by atomic mass is 9.97. The van der Waals surface area contributed by atoms with Gasteiger partial charge in [-0.1, -0.05) is 20.8 Å². The van der Waals surface area contributed by atoms with Gasteiger partial charge in [0, 0.05) is 12.6 Å². The topological polar surface area (TPSA) is 41.6 Å². The van der Waals surface area contributed by atoms with Crippen LogP contribution in [-0.2, 0) is 9.53 Å². The van der Waals surface area contributed by atoms with Gasteiger partial charge in [0.15, 0.2) is 0 Å². The van der Waals surface area contributed by atoms with E-state index in [1.165, 1.54) is 7.11 Å². The molecule has 0 aliphatic heterocycles. The van der Waals surface area contributed by atoms with E-state index >= 15 is 0 Å². The van der Waals surface area contributed by atoms with Crippen LogP contribution in [0.4, 0.5) is 0 Å². The molecule has 0 aromatic rings. The molecule has 4 nitrogen and oxygen atoms in total. The number of nitrogens with one attached hydrogen (secondary N) is 1. The summed E-state index contributed by atoms with van der Waals surface area (Å²) in [5, 5.41) is 3.24. The van der Waals surface area contributed by atoms with Crippen LogP contribution in [0, 0.1) is 0 Å². The molecule has 0 radical (unpaired) electrons. The van der Waals surface area contributed by atoms with Gasteiger partial charge < -0.3 is 15.0 Å². The van der Waals surface area contributed by atoms with E-state index in [-0.39, 0.29) is 5.97 Å². The lowest BCUT2D eigenvalue weighted by Crippen LogP contribution is -2.52. The van der Waals surface area contributed by atoms with Crippen molar-refractivity contribution < 1.29 is 9.53 Å². The highest BCUT2D eigenvalue weighted by Crippen LogP contribution is 2.15. The van der Waals surface area contributed by atoms with Gasteiger partial charge in [0.25, 0.3) is 0 Å². The van der Waals surface area contributed by atoms with E-state index in [4.69, 9.17) is 4.74 Å². The summed E-state index contributed by atoms with van der Waals surface area (Å²) < 4.78 is 4.89. The van der Waals surface area contributed by atoms with Crippen LogP contribution in [0.1, 0.15) is 47.0 Å². The monoisotopic (exact) mass is 258 g/mol. The summed E-state index contributed by atoms with van der Waals surface area (Å²) in [5.41, 5.74) is -0.580. The molecule has 0 saturated heterocycles. The maximum Gasteiger partial charge on any atom is 0.325 e. The van der Waals surface area contributed by atoms with Gasteiger partial charge in [0.1, 0.15) is 5.54 Å². The van der Waals surface area contributed by atoms with Crippen molar-refractivity contribution in [3.63, 3.8) is 0 Å². The lowest BCUT2D eigenvalue weighted by Gasteiger charge is -2.32. The molecule has 108 valence electrons. The Hall–Kier alpha value is -0.610. The Bertz CT molecular complexity index is 242. The highest BCUT2D eigenvalue weighted by molar-refractivity contribution is 5.80. The molecule has 0 spiro atoms. The number of ether oxygens (including phenoxy) is 1. The minimum atomic E-state index is -0.580. The fourth-order valence-electron chi connectivity index (χ4n) is 2.37. The molecule has 18 heavy (non-hydrogen) atoms. The fourth-order valence-corrected chi connectivity index (χ4v) is 2.37. The molecular formula is C14H30N2O2. The molecule has 0 rings (SSSR count). The molecule has 0 aromatic heterocycles. The third kappa shape index (κ3) is 4.94. The van der Waals surface area contributed by atoms with Crippen molar-refractivity contribution in [3.05, 3.63) is 0 Å². The first-order valence-corrected chi connectivity index (χ1v) is 6.98. The molecule has 1 atom stereocenters. The van der Waals surface area contributed by atoms with Gasteiger partial charge in [-0.25, -0.2) is 0 Å². The van der Waals surface area contributed by atoms with Crippen LogP contribution in [-0.4, -0.2) is 49.7 Å². The van der Waals surface area contributed by atoms with Crippen molar-refractivity contribution in [2.24, 2.45) is 0 Å². The molecule has 0 amide bonds. The molecule has 0 aromatic carbocycles. The second kappa shape index (κ2) is 8.48. The molecule has 0 heterocycles. The molecule has 4 heteroatoms. The summed E-state index contributed by atoms with van der Waals surface area (Å²) in [4.78, 5) is 14.2. The SMILES string of the molecule is CCNC(C)(CCN(C)C(CC)CC)C(=O)OC. The predicted molar refractivity (Wildman–Crippen MR) is 75.7 cm³/mol. The number of carbonyl (C=O) groups is 1. The summed E-state index contributed by atoms with van der Waals surface area (Å²) in [7, 11) is 3.57. The van der Waals surface area contributed by atoms with Gasteiger partial charge in [0.2, 0.25) is 0 Å². The van der Waals surface area contributed by atoms with E-state index in [0.29, 0.717) is 6.04 Å². The molecule has 0 saturated carbocycles. The Labute approximate surface area is 112 Å². The van der Waals surface area contributed by atoms with Crippen LogP contribution in [0.15, 0.2) is 0 Å². The number of hydrogen-bond acceptors (Lipinski definition) is 4. The van der Waals surface area contributed by atoms with Crippen LogP contribution in [0.3, 0.4) is 0 Å². The van der Waals surface area contributed by atoms with E-state index in [9.17, 15) is 4.79 Å². The molecule has 0 aliphatic rings. The van der Waals surface area contributed by atoms with Gasteiger partial charge in [-0.15, -0.1) is 0 Å². The number of methoxy groups -OCH3 is 1. The highest BCUT2D eigenvalue weighted by Gasteiger charge is 2.33. The Morgan fingerprint density at radius 3 is 2.28 bits per heavy atom. The van der Waals surface area contributed by atoms with E-state index in [1.807, 2.05) is 13.8 Å². The van der Waals surface area contributed by atoms with Gasteiger partial charge >= 0.3 is 5.97 Å². The van der Waals surface area contributed by atoms with Crippen molar-refractivity contribution >= 4 is 5.97 Å². The predicted octanol–water partition coefficient (Wildman–Crippen LogP) is 2.04. The molecule has 0 aliphatic carbocycles. The zero-order valence-corrected chi connectivity index (χ0v) is 12.9. The largest absolute Gasteiger partial charge is 0.468 e. The van der Waals surface area contributed by atoms with Gasteiger partial charge in [-0.2, -0.15) is 0 Å². The van der Waals surface area contributed by atoms with Gasteiger partial charge in [0.05, 0.1) is 7.11 Å². The zero-order valence-electron chi connectivity index (χ0n) is 12.9. The van der Waals surface area contributed by atoms with E-state index in [0.717, 1.165) is 32.4 Å². The van der Waals surface area contributed by atoms with Gasteiger partial charge in [-0.3, -0.25) is 4.79 Å². The molecule has 1 unspecified atom stereocenters. The molecular weight excluding hydrogens is 228 g/mol. The van der Waals surface area contributed by atoms with Crippen LogP contribution in [0.5, 0.6) is 0 Å². The van der Waals surface area contributed by atoms with Crippen molar-refractivity contribution in [3.8, 4) is 0 Å². The number of likely N-dealkylation sites (N-methyl/N-ethyl adjacent to an activating group) is 1. The van der Waals surface area contributed by atoms with Crippen molar-refractivity contribution in [1.82, 2.24) is 10.2 Å². The average molecular weight is 258 g/mol. The third-order valence-electron chi connectivity index (χ3n) is 3.73. The second-order valence-corrected chi connectivity index (χ2v) is 5.05. The van der Waals surface area contributed by atoms with Crippen molar-refractivity contribution in [1.29, 1.82) is 0 Å². The summed E-state index contributed by atoms with van der Waals surface area (Å²) in [5.74, 6) is -0.178. The number of nitrogens with zero attached hydrogens (tertiary/aromatic N) is 1. The maximum absolute atomic E-state index is 11.8. The number of carbonyl (C=O) groups excluding carboxylic acids is 1. The van der Waals surface area contributed by atoms with Crippen LogP contribution >= 0.6 is 0 Å². The first-order chi connectivity index (χ1) is 8.45. The number of hydrogen-bond donors (Lipinski definition) is 1. The molecule has 0 bridgehead atoms. The Morgan fingerprint density at radius 2 is 1.89 bits per heavy atom. The fraction of sp³-hybridized carbons (Fsp3) is 0.929. The number of esters is 1. The summed E-state index contributed by atoms with van der Waals surface area (Å²) in [6.45, 7) is 9.99. The summed E-state index contributed by atoms with van der Waals surface area (Å²) in [6.07, 6.45) is 3.05. The highest BCUT2D eigenvalue weighted by atomic mass is 16.5. The molecule has 0 fully saturated rings. The second-order valence-electron chi connectivity index (χ2n) is 5.05. The van der Waals surface area contributed by atoms with Crippen molar-refractivity contribution in [2.75, 3.05) is 27.2 Å². The third-order valence-corrected chi connectivity index (χ3v) is 3.73. The van der Waals surface area contributed by atoms with Crippen LogP contribution in [0.2, 0.25) is 0 Å².